The van der Waals surface area contributed by atoms with E-state index in [-0.39, 0.29) is 10.8 Å². The van der Waals surface area contributed by atoms with Gasteiger partial charge in [0.05, 0.1) is 11.1 Å². The highest BCUT2D eigenvalue weighted by Gasteiger charge is 2.53. The third kappa shape index (κ3) is 4.94. The van der Waals surface area contributed by atoms with Crippen LogP contribution in [0.2, 0.25) is 0 Å². The zero-order valence-electron chi connectivity index (χ0n) is 38.5. The summed E-state index contributed by atoms with van der Waals surface area (Å²) < 4.78 is 9.73. The lowest BCUT2D eigenvalue weighted by Gasteiger charge is -2.48. The number of nitrogens with one attached hydrogen (secondary N) is 1. The molecule has 0 saturated carbocycles. The van der Waals surface area contributed by atoms with Gasteiger partial charge in [-0.2, -0.15) is 0 Å². The zero-order valence-corrected chi connectivity index (χ0v) is 39.3. The number of fused-ring (bicyclic) bond motifs is 18. The van der Waals surface area contributed by atoms with Gasteiger partial charge in [0.25, 0.3) is 0 Å². The van der Waals surface area contributed by atoms with Crippen LogP contribution in [0.3, 0.4) is 0 Å². The molecule has 4 heterocycles. The molecule has 2 aliphatic heterocycles. The SMILES string of the molecule is CC1(C)CCC(C)(C)c2cc(Nc3ccc4c(sc5ccccc54)c3-c3c4c(cc5c3oc3ccccc35)N3c5ccccc5C5(c6ccccc6-c6ccccc65)c5cccc(c53)[B]4)ccc21. The first-order valence-corrected chi connectivity index (χ1v) is 24.9. The molecule has 0 saturated heterocycles. The van der Waals surface area contributed by atoms with Gasteiger partial charge in [-0.05, 0) is 116 Å². The standard InChI is InChI=1S/C63H46BN2OS/c1-61(2)32-33-62(3,4)48-34-36(28-30-45(48)61)65-50-31-29-41-40-19-8-14-27-54(40)68-60(41)55(50)56-57-52(35-42-39-18-7-13-26-53(39)67-59(42)56)66-51-25-12-11-22-46(51)63(47-23-15-24-49(64-57)58(47)66)43-20-9-5-16-37(43)38-17-6-10-21-44(38)63/h5-31,34-35,65H,32-33H2,1-4H3. The number of anilines is 5. The zero-order chi connectivity index (χ0) is 45.3. The molecule has 11 aromatic rings. The van der Waals surface area contributed by atoms with Gasteiger partial charge in [-0.1, -0.05) is 167 Å². The monoisotopic (exact) mass is 889 g/mol. The van der Waals surface area contributed by atoms with Gasteiger partial charge >= 0.3 is 0 Å². The molecule has 4 aliphatic rings. The minimum absolute atomic E-state index is 0.0763. The van der Waals surface area contributed by atoms with E-state index in [1.165, 1.54) is 87.9 Å². The van der Waals surface area contributed by atoms with E-state index >= 15 is 0 Å². The Hall–Kier alpha value is -7.34. The van der Waals surface area contributed by atoms with Crippen LogP contribution in [0.15, 0.2) is 180 Å². The van der Waals surface area contributed by atoms with E-state index in [0.717, 1.165) is 62.0 Å². The number of hydrogen-bond acceptors (Lipinski definition) is 4. The third-order valence-corrected chi connectivity index (χ3v) is 17.6. The first kappa shape index (κ1) is 38.7. The van der Waals surface area contributed by atoms with Crippen molar-refractivity contribution in [2.75, 3.05) is 10.2 Å². The average molecular weight is 890 g/mol. The Balaban J connectivity index is 1.04. The summed E-state index contributed by atoms with van der Waals surface area (Å²) in [6, 6.07) is 66.1. The van der Waals surface area contributed by atoms with Crippen molar-refractivity contribution in [3.63, 3.8) is 0 Å². The van der Waals surface area contributed by atoms with E-state index in [4.69, 9.17) is 4.42 Å². The summed E-state index contributed by atoms with van der Waals surface area (Å²) in [6.07, 6.45) is 2.34. The van der Waals surface area contributed by atoms with Crippen molar-refractivity contribution in [2.45, 2.75) is 56.8 Å². The molecule has 1 N–H and O–H groups in total. The number of thiophene rings is 1. The highest BCUT2D eigenvalue weighted by atomic mass is 32.1. The van der Waals surface area contributed by atoms with Crippen LogP contribution in [0.5, 0.6) is 0 Å². The van der Waals surface area contributed by atoms with E-state index < -0.39 is 5.41 Å². The summed E-state index contributed by atoms with van der Waals surface area (Å²) in [5, 5.41) is 8.85. The number of furan rings is 1. The van der Waals surface area contributed by atoms with Crippen LogP contribution in [0, 0.1) is 0 Å². The molecule has 1 spiro atoms. The molecule has 5 heteroatoms. The minimum atomic E-state index is -0.495. The molecule has 15 rings (SSSR count). The lowest BCUT2D eigenvalue weighted by Crippen LogP contribution is -2.47. The average Bonchev–Trinajstić information content (AvgIpc) is 4.02. The lowest BCUT2D eigenvalue weighted by molar-refractivity contribution is 0.332. The third-order valence-electron chi connectivity index (χ3n) is 16.4. The van der Waals surface area contributed by atoms with Gasteiger partial charge in [-0.15, -0.1) is 11.3 Å². The smallest absolute Gasteiger partial charge is 0.198 e. The second kappa shape index (κ2) is 13.4. The van der Waals surface area contributed by atoms with E-state index in [2.05, 4.69) is 221 Å². The van der Waals surface area contributed by atoms with Crippen molar-refractivity contribution in [3.05, 3.63) is 209 Å². The molecule has 2 aliphatic carbocycles. The summed E-state index contributed by atoms with van der Waals surface area (Å²) in [5.41, 5.74) is 22.7. The Labute approximate surface area is 400 Å². The van der Waals surface area contributed by atoms with Crippen LogP contribution < -0.4 is 21.1 Å². The quantitative estimate of drug-likeness (QED) is 0.179. The Morgan fingerprint density at radius 3 is 2.01 bits per heavy atom. The molecule has 3 nitrogen and oxygen atoms in total. The largest absolute Gasteiger partial charge is 0.455 e. The van der Waals surface area contributed by atoms with Crippen molar-refractivity contribution in [1.82, 2.24) is 0 Å². The summed E-state index contributed by atoms with van der Waals surface area (Å²) in [4.78, 5) is 2.60. The summed E-state index contributed by atoms with van der Waals surface area (Å²) in [6.45, 7) is 9.64. The van der Waals surface area contributed by atoms with Crippen molar-refractivity contribution in [3.8, 4) is 22.3 Å². The lowest BCUT2D eigenvalue weighted by atomic mass is 9.54. The van der Waals surface area contributed by atoms with Gasteiger partial charge in [0.2, 0.25) is 0 Å². The molecule has 0 unspecified atom stereocenters. The second-order valence-corrected chi connectivity index (χ2v) is 21.9. The van der Waals surface area contributed by atoms with Gasteiger partial charge in [0.15, 0.2) is 7.28 Å². The number of hydrogen-bond donors (Lipinski definition) is 1. The Bertz CT molecular complexity index is 3970. The molecule has 1 radical (unpaired) electrons. The molecule has 0 amide bonds. The molecule has 0 bridgehead atoms. The number of rotatable bonds is 3. The van der Waals surface area contributed by atoms with E-state index in [9.17, 15) is 0 Å². The van der Waals surface area contributed by atoms with Crippen molar-refractivity contribution in [2.24, 2.45) is 0 Å². The van der Waals surface area contributed by atoms with Crippen LogP contribution >= 0.6 is 11.3 Å². The van der Waals surface area contributed by atoms with E-state index in [1.54, 1.807) is 0 Å². The molecular formula is C63H46BN2OS. The minimum Gasteiger partial charge on any atom is -0.455 e. The first-order chi connectivity index (χ1) is 33.2. The Kier molecular flexibility index (Phi) is 7.65. The van der Waals surface area contributed by atoms with Crippen LogP contribution in [-0.2, 0) is 16.2 Å². The van der Waals surface area contributed by atoms with Gasteiger partial charge in [-0.3, -0.25) is 0 Å². The van der Waals surface area contributed by atoms with Gasteiger partial charge in [-0.25, -0.2) is 0 Å². The van der Waals surface area contributed by atoms with Crippen LogP contribution in [0.25, 0.3) is 64.4 Å². The maximum atomic E-state index is 7.21. The fraction of sp³-hybridized carbons (Fsp3) is 0.143. The van der Waals surface area contributed by atoms with E-state index in [1.807, 2.05) is 11.3 Å². The molecule has 0 fully saturated rings. The van der Waals surface area contributed by atoms with Crippen molar-refractivity contribution in [1.29, 1.82) is 0 Å². The van der Waals surface area contributed by atoms with E-state index in [0.29, 0.717) is 0 Å². The fourth-order valence-electron chi connectivity index (χ4n) is 13.1. The normalized spacial score (nSPS) is 16.3. The summed E-state index contributed by atoms with van der Waals surface area (Å²) in [5.74, 6) is 0. The molecule has 323 valence electrons. The van der Waals surface area contributed by atoms with Crippen LogP contribution in [0.1, 0.15) is 73.9 Å². The fourth-order valence-corrected chi connectivity index (χ4v) is 14.4. The number of para-hydroxylation sites is 3. The maximum Gasteiger partial charge on any atom is 0.198 e. The molecule has 0 atom stereocenters. The first-order valence-electron chi connectivity index (χ1n) is 24.1. The summed E-state index contributed by atoms with van der Waals surface area (Å²) in [7, 11) is 2.47. The molecule has 9 aromatic carbocycles. The van der Waals surface area contributed by atoms with Crippen LogP contribution in [0.4, 0.5) is 28.4 Å². The summed E-state index contributed by atoms with van der Waals surface area (Å²) >= 11 is 1.88. The van der Waals surface area contributed by atoms with Crippen molar-refractivity contribution < 1.29 is 4.42 Å². The molecule has 68 heavy (non-hydrogen) atoms. The van der Waals surface area contributed by atoms with Gasteiger partial charge in [0, 0.05) is 64.8 Å². The maximum absolute atomic E-state index is 7.21. The molecule has 2 aromatic heterocycles. The highest BCUT2D eigenvalue weighted by molar-refractivity contribution is 7.26. The second-order valence-electron chi connectivity index (χ2n) is 20.9. The predicted octanol–water partition coefficient (Wildman–Crippen LogP) is 15.8. The predicted molar refractivity (Wildman–Crippen MR) is 288 cm³/mol. The Morgan fingerprint density at radius 1 is 0.529 bits per heavy atom. The topological polar surface area (TPSA) is 28.4 Å². The highest BCUT2D eigenvalue weighted by Crippen LogP contribution is 2.64. The number of benzene rings is 9. The molecular weight excluding hydrogens is 844 g/mol. The van der Waals surface area contributed by atoms with Gasteiger partial charge < -0.3 is 14.6 Å². The Morgan fingerprint density at radius 2 is 1.21 bits per heavy atom. The van der Waals surface area contributed by atoms with Crippen LogP contribution in [-0.4, -0.2) is 7.28 Å². The van der Waals surface area contributed by atoms with Gasteiger partial charge in [0.1, 0.15) is 11.2 Å². The van der Waals surface area contributed by atoms with Crippen molar-refractivity contribution >= 4 is 100 Å². The number of nitrogens with zero attached hydrogens (tertiary/aromatic N) is 1.